The Morgan fingerprint density at radius 2 is 2.04 bits per heavy atom. The molecule has 0 aliphatic carbocycles. The Labute approximate surface area is 141 Å². The molecule has 0 bridgehead atoms. The van der Waals surface area contributed by atoms with E-state index < -0.39 is 28.0 Å². The smallest absolute Gasteiger partial charge is 0.338 e. The van der Waals surface area contributed by atoms with E-state index in [9.17, 15) is 18.0 Å². The van der Waals surface area contributed by atoms with Gasteiger partial charge in [0.25, 0.3) is 5.91 Å². The summed E-state index contributed by atoms with van der Waals surface area (Å²) in [6.45, 7) is 3.70. The van der Waals surface area contributed by atoms with E-state index in [1.807, 2.05) is 6.92 Å². The van der Waals surface area contributed by atoms with E-state index in [0.717, 1.165) is 19.3 Å². The molecule has 132 valence electrons. The van der Waals surface area contributed by atoms with E-state index >= 15 is 0 Å². The minimum absolute atomic E-state index is 0.0393. The molecule has 1 aromatic carbocycles. The molecule has 1 aliphatic rings. The number of hydrogen-bond donors (Lipinski definition) is 1. The molecule has 0 unspecified atom stereocenters. The Hall–Kier alpha value is -1.93. The summed E-state index contributed by atoms with van der Waals surface area (Å²) in [5.74, 6) is -1.56. The summed E-state index contributed by atoms with van der Waals surface area (Å²) in [7, 11) is -3.68. The van der Waals surface area contributed by atoms with Crippen LogP contribution in [0.3, 0.4) is 0 Å². The summed E-state index contributed by atoms with van der Waals surface area (Å²) in [5, 5.41) is 0. The van der Waals surface area contributed by atoms with Crippen molar-refractivity contribution < 1.29 is 22.7 Å². The molecule has 0 aromatic heterocycles. The lowest BCUT2D eigenvalue weighted by Gasteiger charge is -2.32. The summed E-state index contributed by atoms with van der Waals surface area (Å²) in [6.07, 6.45) is 1.56. The molecule has 1 heterocycles. The highest BCUT2D eigenvalue weighted by Crippen LogP contribution is 2.25. The largest absolute Gasteiger partial charge is 0.449 e. The molecule has 2 rings (SSSR count). The highest BCUT2D eigenvalue weighted by molar-refractivity contribution is 7.89. The molecule has 1 fully saturated rings. The van der Waals surface area contributed by atoms with Gasteiger partial charge in [-0.3, -0.25) is 4.79 Å². The highest BCUT2D eigenvalue weighted by Gasteiger charge is 2.31. The van der Waals surface area contributed by atoms with E-state index in [1.54, 1.807) is 0 Å². The SMILES string of the molecule is C[C@@H](OC(=O)c1cccc(S(=O)(=O)N2CCCC[C@@H]2C)c1)C(N)=O. The first-order chi connectivity index (χ1) is 11.2. The van der Waals surface area contributed by atoms with E-state index in [0.29, 0.717) is 6.54 Å². The number of primary amides is 1. The lowest BCUT2D eigenvalue weighted by atomic mass is 10.1. The van der Waals surface area contributed by atoms with Crippen molar-refractivity contribution in [3.8, 4) is 0 Å². The van der Waals surface area contributed by atoms with Crippen molar-refractivity contribution in [2.75, 3.05) is 6.54 Å². The van der Waals surface area contributed by atoms with Gasteiger partial charge in [0.2, 0.25) is 10.0 Å². The number of esters is 1. The van der Waals surface area contributed by atoms with Gasteiger partial charge in [0.15, 0.2) is 6.10 Å². The number of rotatable bonds is 5. The number of nitrogens with two attached hydrogens (primary N) is 1. The third-order valence-electron chi connectivity index (χ3n) is 4.10. The number of sulfonamides is 1. The van der Waals surface area contributed by atoms with Crippen molar-refractivity contribution in [3.05, 3.63) is 29.8 Å². The summed E-state index contributed by atoms with van der Waals surface area (Å²) < 4.78 is 32.0. The summed E-state index contributed by atoms with van der Waals surface area (Å²) in [5.41, 5.74) is 5.12. The van der Waals surface area contributed by atoms with Crippen LogP contribution in [0.15, 0.2) is 29.2 Å². The summed E-state index contributed by atoms with van der Waals surface area (Å²) >= 11 is 0. The van der Waals surface area contributed by atoms with Crippen LogP contribution in [0.4, 0.5) is 0 Å². The van der Waals surface area contributed by atoms with E-state index in [-0.39, 0.29) is 16.5 Å². The number of piperidine rings is 1. The van der Waals surface area contributed by atoms with Crippen LogP contribution in [0, 0.1) is 0 Å². The number of ether oxygens (including phenoxy) is 1. The fourth-order valence-corrected chi connectivity index (χ4v) is 4.38. The van der Waals surface area contributed by atoms with Crippen LogP contribution in [0.5, 0.6) is 0 Å². The third-order valence-corrected chi connectivity index (χ3v) is 6.11. The van der Waals surface area contributed by atoms with Gasteiger partial charge in [0.05, 0.1) is 10.5 Å². The molecule has 2 atom stereocenters. The Morgan fingerprint density at radius 3 is 2.67 bits per heavy atom. The Kier molecular flexibility index (Phi) is 5.61. The molecule has 1 aliphatic heterocycles. The maximum Gasteiger partial charge on any atom is 0.338 e. The molecule has 1 saturated heterocycles. The van der Waals surface area contributed by atoms with Gasteiger partial charge >= 0.3 is 5.97 Å². The zero-order valence-corrected chi connectivity index (χ0v) is 14.6. The minimum atomic E-state index is -3.68. The minimum Gasteiger partial charge on any atom is -0.449 e. The first kappa shape index (κ1) is 18.4. The zero-order valence-electron chi connectivity index (χ0n) is 13.8. The van der Waals surface area contributed by atoms with Crippen LogP contribution in [0.1, 0.15) is 43.5 Å². The van der Waals surface area contributed by atoms with Gasteiger partial charge in [-0.15, -0.1) is 0 Å². The summed E-state index contributed by atoms with van der Waals surface area (Å²) in [4.78, 5) is 23.1. The van der Waals surface area contributed by atoms with Gasteiger partial charge < -0.3 is 10.5 Å². The first-order valence-electron chi connectivity index (χ1n) is 7.85. The molecule has 24 heavy (non-hydrogen) atoms. The van der Waals surface area contributed by atoms with Gasteiger partial charge in [-0.2, -0.15) is 4.31 Å². The van der Waals surface area contributed by atoms with Crippen molar-refractivity contribution in [3.63, 3.8) is 0 Å². The van der Waals surface area contributed by atoms with Gasteiger partial charge in [0.1, 0.15) is 0 Å². The second-order valence-corrected chi connectivity index (χ2v) is 7.83. The number of nitrogens with zero attached hydrogens (tertiary/aromatic N) is 1. The molecule has 0 radical (unpaired) electrons. The standard InChI is InChI=1S/C16H22N2O5S/c1-11-6-3-4-9-18(11)24(21,22)14-8-5-7-13(10-14)16(20)23-12(2)15(17)19/h5,7-8,10-12H,3-4,6,9H2,1-2H3,(H2,17,19)/t11-,12+/m0/s1. The van der Waals surface area contributed by atoms with Crippen LogP contribution in [-0.4, -0.2) is 43.3 Å². The predicted molar refractivity (Wildman–Crippen MR) is 87.7 cm³/mol. The van der Waals surface area contributed by atoms with E-state index in [1.165, 1.54) is 35.5 Å². The number of benzene rings is 1. The molecule has 1 aromatic rings. The number of amides is 1. The van der Waals surface area contributed by atoms with Crippen LogP contribution in [-0.2, 0) is 19.6 Å². The fraction of sp³-hybridized carbons (Fsp3) is 0.500. The van der Waals surface area contributed by atoms with Crippen molar-refractivity contribution in [2.24, 2.45) is 5.73 Å². The average Bonchev–Trinajstić information content (AvgIpc) is 2.55. The maximum absolute atomic E-state index is 12.8. The highest BCUT2D eigenvalue weighted by atomic mass is 32.2. The number of hydrogen-bond acceptors (Lipinski definition) is 5. The lowest BCUT2D eigenvalue weighted by Crippen LogP contribution is -2.41. The molecule has 7 nitrogen and oxygen atoms in total. The van der Waals surface area contributed by atoms with E-state index in [4.69, 9.17) is 10.5 Å². The Morgan fingerprint density at radius 1 is 1.33 bits per heavy atom. The Balaban J connectivity index is 2.26. The molecule has 2 N–H and O–H groups in total. The lowest BCUT2D eigenvalue weighted by molar-refractivity contribution is -0.125. The van der Waals surface area contributed by atoms with Crippen LogP contribution < -0.4 is 5.73 Å². The second kappa shape index (κ2) is 7.31. The van der Waals surface area contributed by atoms with E-state index in [2.05, 4.69) is 0 Å². The Bertz CT molecular complexity index is 732. The normalized spacial score (nSPS) is 20.3. The first-order valence-corrected chi connectivity index (χ1v) is 9.29. The molecular weight excluding hydrogens is 332 g/mol. The molecular formula is C16H22N2O5S. The second-order valence-electron chi connectivity index (χ2n) is 5.94. The predicted octanol–water partition coefficient (Wildman–Crippen LogP) is 1.28. The molecule has 1 amide bonds. The van der Waals surface area contributed by atoms with Gasteiger partial charge in [-0.05, 0) is 44.9 Å². The van der Waals surface area contributed by atoms with Crippen LogP contribution in [0.25, 0.3) is 0 Å². The summed E-state index contributed by atoms with van der Waals surface area (Å²) in [6, 6.07) is 5.56. The molecule has 8 heteroatoms. The molecule has 0 saturated carbocycles. The topological polar surface area (TPSA) is 107 Å². The monoisotopic (exact) mass is 354 g/mol. The van der Waals surface area contributed by atoms with Crippen LogP contribution in [0.2, 0.25) is 0 Å². The average molecular weight is 354 g/mol. The third kappa shape index (κ3) is 3.93. The number of carbonyl (C=O) groups is 2. The van der Waals surface area contributed by atoms with Gasteiger partial charge in [0, 0.05) is 12.6 Å². The maximum atomic E-state index is 12.8. The van der Waals surface area contributed by atoms with Crippen molar-refractivity contribution in [1.82, 2.24) is 4.31 Å². The van der Waals surface area contributed by atoms with Crippen molar-refractivity contribution in [2.45, 2.75) is 50.2 Å². The van der Waals surface area contributed by atoms with Gasteiger partial charge in [-0.1, -0.05) is 12.5 Å². The van der Waals surface area contributed by atoms with Crippen molar-refractivity contribution in [1.29, 1.82) is 0 Å². The van der Waals surface area contributed by atoms with Gasteiger partial charge in [-0.25, -0.2) is 13.2 Å². The van der Waals surface area contributed by atoms with Crippen molar-refractivity contribution >= 4 is 21.9 Å². The number of carbonyl (C=O) groups excluding carboxylic acids is 2. The fourth-order valence-electron chi connectivity index (χ4n) is 2.63. The molecule has 0 spiro atoms. The van der Waals surface area contributed by atoms with Crippen LogP contribution >= 0.6 is 0 Å². The quantitative estimate of drug-likeness (QED) is 0.802. The zero-order chi connectivity index (χ0) is 17.9.